The van der Waals surface area contributed by atoms with Crippen molar-refractivity contribution in [3.63, 3.8) is 0 Å². The Morgan fingerprint density at radius 2 is 1.61 bits per heavy atom. The van der Waals surface area contributed by atoms with Gasteiger partial charge in [-0.05, 0) is 23.8 Å². The van der Waals surface area contributed by atoms with Crippen LogP contribution in [0.3, 0.4) is 0 Å². The van der Waals surface area contributed by atoms with E-state index in [1.54, 1.807) is 18.2 Å². The highest BCUT2D eigenvalue weighted by Gasteiger charge is 2.20. The van der Waals surface area contributed by atoms with Crippen LogP contribution in [0.1, 0.15) is 15.9 Å². The van der Waals surface area contributed by atoms with Gasteiger partial charge in [-0.1, -0.05) is 18.2 Å². The molecule has 0 saturated carbocycles. The largest absolute Gasteiger partial charge is 0.350 e. The molecule has 2 aromatic carbocycles. The van der Waals surface area contributed by atoms with E-state index < -0.39 is 40.0 Å². The Bertz CT molecular complexity index is 974. The van der Waals surface area contributed by atoms with Gasteiger partial charge in [-0.2, -0.15) is 0 Å². The van der Waals surface area contributed by atoms with Crippen LogP contribution in [0.25, 0.3) is 0 Å². The second kappa shape index (κ2) is 8.89. The topological polar surface area (TPSA) is 95.6 Å². The number of rotatable bonds is 7. The molecule has 0 aliphatic rings. The van der Waals surface area contributed by atoms with Crippen LogP contribution in [0.2, 0.25) is 0 Å². The van der Waals surface area contributed by atoms with Crippen LogP contribution in [0.4, 0.5) is 8.78 Å². The van der Waals surface area contributed by atoms with Gasteiger partial charge >= 0.3 is 0 Å². The third kappa shape index (κ3) is 5.33. The lowest BCUT2D eigenvalue weighted by molar-refractivity contribution is -0.120. The molecule has 150 valence electrons. The first kappa shape index (κ1) is 21.5. The summed E-state index contributed by atoms with van der Waals surface area (Å²) in [6, 6.07) is 8.51. The minimum Gasteiger partial charge on any atom is -0.350 e. The van der Waals surface area contributed by atoms with Crippen molar-refractivity contribution in [2.24, 2.45) is 0 Å². The molecule has 2 rings (SSSR count). The fourth-order valence-corrected chi connectivity index (χ4v) is 3.42. The van der Waals surface area contributed by atoms with E-state index in [4.69, 9.17) is 0 Å². The van der Waals surface area contributed by atoms with Crippen LogP contribution < -0.4 is 10.6 Å². The molecule has 0 radical (unpaired) electrons. The summed E-state index contributed by atoms with van der Waals surface area (Å²) in [7, 11) is -0.888. The molecule has 0 spiro atoms. The first-order chi connectivity index (χ1) is 13.1. The van der Waals surface area contributed by atoms with Gasteiger partial charge in [0.2, 0.25) is 15.9 Å². The normalized spacial score (nSPS) is 11.3. The number of carbonyl (C=O) groups excluding carboxylic acids is 2. The van der Waals surface area contributed by atoms with Crippen molar-refractivity contribution < 1.29 is 26.8 Å². The zero-order valence-electron chi connectivity index (χ0n) is 15.2. The summed E-state index contributed by atoms with van der Waals surface area (Å²) < 4.78 is 52.0. The van der Waals surface area contributed by atoms with Gasteiger partial charge in [0.05, 0.1) is 11.4 Å². The van der Waals surface area contributed by atoms with Crippen LogP contribution in [0, 0.1) is 11.6 Å². The lowest BCUT2D eigenvalue weighted by Crippen LogP contribution is -2.37. The standard InChI is InChI=1S/C18H19F2N3O4S/c1-23(2)28(26,27)16-6-4-3-5-12(16)10-21-17(24)11-22-18(25)13-7-14(19)9-15(20)8-13/h3-9H,10-11H2,1-2H3,(H,21,24)(H,22,25). The molecule has 0 atom stereocenters. The molecule has 0 heterocycles. The zero-order valence-corrected chi connectivity index (χ0v) is 16.0. The summed E-state index contributed by atoms with van der Waals surface area (Å²) in [6.07, 6.45) is 0. The molecule has 2 amide bonds. The third-order valence-electron chi connectivity index (χ3n) is 3.74. The molecule has 7 nitrogen and oxygen atoms in total. The minimum absolute atomic E-state index is 0.0552. The molecule has 0 aliphatic heterocycles. The van der Waals surface area contributed by atoms with E-state index in [2.05, 4.69) is 10.6 Å². The number of hydrogen-bond acceptors (Lipinski definition) is 4. The van der Waals surface area contributed by atoms with Gasteiger partial charge in [0.1, 0.15) is 11.6 Å². The molecule has 2 N–H and O–H groups in total. The van der Waals surface area contributed by atoms with Gasteiger partial charge in [-0.3, -0.25) is 9.59 Å². The molecular weight excluding hydrogens is 392 g/mol. The van der Waals surface area contributed by atoms with E-state index in [1.165, 1.54) is 20.2 Å². The second-order valence-corrected chi connectivity index (χ2v) is 8.13. The summed E-state index contributed by atoms with van der Waals surface area (Å²) >= 11 is 0. The lowest BCUT2D eigenvalue weighted by Gasteiger charge is -2.15. The van der Waals surface area contributed by atoms with E-state index in [9.17, 15) is 26.8 Å². The molecular formula is C18H19F2N3O4S. The first-order valence-corrected chi connectivity index (χ1v) is 9.56. The quantitative estimate of drug-likeness (QED) is 0.717. The number of nitrogens with zero attached hydrogens (tertiary/aromatic N) is 1. The Kier molecular flexibility index (Phi) is 6.81. The highest BCUT2D eigenvalue weighted by Crippen LogP contribution is 2.18. The van der Waals surface area contributed by atoms with Crippen LogP contribution in [-0.4, -0.2) is 45.2 Å². The maximum absolute atomic E-state index is 13.1. The summed E-state index contributed by atoms with van der Waals surface area (Å²) in [5, 5.41) is 4.74. The van der Waals surface area contributed by atoms with Crippen LogP contribution in [0.15, 0.2) is 47.4 Å². The van der Waals surface area contributed by atoms with Crippen LogP contribution >= 0.6 is 0 Å². The van der Waals surface area contributed by atoms with Gasteiger partial charge in [0.15, 0.2) is 0 Å². The van der Waals surface area contributed by atoms with Crippen molar-refractivity contribution in [3.05, 3.63) is 65.2 Å². The summed E-state index contributed by atoms with van der Waals surface area (Å²) in [4.78, 5) is 23.9. The molecule has 10 heteroatoms. The van der Waals surface area contributed by atoms with E-state index in [-0.39, 0.29) is 17.0 Å². The monoisotopic (exact) mass is 411 g/mol. The molecule has 2 aromatic rings. The van der Waals surface area contributed by atoms with Crippen molar-refractivity contribution in [2.45, 2.75) is 11.4 Å². The van der Waals surface area contributed by atoms with Gasteiger partial charge in [-0.25, -0.2) is 21.5 Å². The zero-order chi connectivity index (χ0) is 20.9. The second-order valence-electron chi connectivity index (χ2n) is 6.01. The molecule has 0 unspecified atom stereocenters. The van der Waals surface area contributed by atoms with Crippen molar-refractivity contribution in [1.82, 2.24) is 14.9 Å². The third-order valence-corrected chi connectivity index (χ3v) is 5.66. The first-order valence-electron chi connectivity index (χ1n) is 8.12. The Morgan fingerprint density at radius 3 is 2.21 bits per heavy atom. The average Bonchev–Trinajstić information content (AvgIpc) is 2.63. The van der Waals surface area contributed by atoms with Crippen LogP contribution in [-0.2, 0) is 21.4 Å². The molecule has 0 bridgehead atoms. The Balaban J connectivity index is 1.97. The van der Waals surface area contributed by atoms with E-state index in [0.717, 1.165) is 16.4 Å². The summed E-state index contributed by atoms with van der Waals surface area (Å²) in [5.74, 6) is -3.23. The fraction of sp³-hybridized carbons (Fsp3) is 0.222. The van der Waals surface area contributed by atoms with E-state index in [0.29, 0.717) is 11.6 Å². The summed E-state index contributed by atoms with van der Waals surface area (Å²) in [5.41, 5.74) is 0.121. The highest BCUT2D eigenvalue weighted by atomic mass is 32.2. The van der Waals surface area contributed by atoms with Crippen molar-refractivity contribution in [2.75, 3.05) is 20.6 Å². The molecule has 28 heavy (non-hydrogen) atoms. The SMILES string of the molecule is CN(C)S(=O)(=O)c1ccccc1CNC(=O)CNC(=O)c1cc(F)cc(F)c1. The Morgan fingerprint density at radius 1 is 1.00 bits per heavy atom. The van der Waals surface area contributed by atoms with Crippen molar-refractivity contribution in [3.8, 4) is 0 Å². The van der Waals surface area contributed by atoms with Crippen LogP contribution in [0.5, 0.6) is 0 Å². The smallest absolute Gasteiger partial charge is 0.251 e. The molecule has 0 saturated heterocycles. The average molecular weight is 411 g/mol. The summed E-state index contributed by atoms with van der Waals surface area (Å²) in [6.45, 7) is -0.522. The molecule has 0 aliphatic carbocycles. The predicted molar refractivity (Wildman–Crippen MR) is 97.9 cm³/mol. The van der Waals surface area contributed by atoms with Gasteiger partial charge in [0.25, 0.3) is 5.91 Å². The molecule has 0 aromatic heterocycles. The lowest BCUT2D eigenvalue weighted by atomic mass is 10.2. The molecule has 0 fully saturated rings. The predicted octanol–water partition coefficient (Wildman–Crippen LogP) is 1.26. The number of nitrogens with one attached hydrogen (secondary N) is 2. The minimum atomic E-state index is -3.68. The maximum Gasteiger partial charge on any atom is 0.251 e. The number of hydrogen-bond donors (Lipinski definition) is 2. The maximum atomic E-state index is 13.1. The number of halogens is 2. The Labute approximate surface area is 161 Å². The highest BCUT2D eigenvalue weighted by molar-refractivity contribution is 7.89. The fourth-order valence-electron chi connectivity index (χ4n) is 2.30. The number of benzene rings is 2. The van der Waals surface area contributed by atoms with E-state index in [1.807, 2.05) is 0 Å². The van der Waals surface area contributed by atoms with Gasteiger partial charge < -0.3 is 10.6 Å². The van der Waals surface area contributed by atoms with E-state index >= 15 is 0 Å². The van der Waals surface area contributed by atoms with Crippen molar-refractivity contribution >= 4 is 21.8 Å². The van der Waals surface area contributed by atoms with Gasteiger partial charge in [0, 0.05) is 32.3 Å². The van der Waals surface area contributed by atoms with Gasteiger partial charge in [-0.15, -0.1) is 0 Å². The van der Waals surface area contributed by atoms with Crippen molar-refractivity contribution in [1.29, 1.82) is 0 Å². The number of carbonyl (C=O) groups is 2. The Hall–Kier alpha value is -2.85. The number of sulfonamides is 1. The number of amides is 2.